The highest BCUT2D eigenvalue weighted by Crippen LogP contribution is 2.23. The van der Waals surface area contributed by atoms with Crippen LogP contribution in [-0.4, -0.2) is 30.6 Å². The van der Waals surface area contributed by atoms with E-state index in [2.05, 4.69) is 17.1 Å². The topological polar surface area (TPSA) is 15.3 Å². The molecule has 0 spiro atoms. The van der Waals surface area contributed by atoms with Crippen LogP contribution < -0.4 is 5.32 Å². The number of nitrogens with one attached hydrogen (secondary N) is 1. The van der Waals surface area contributed by atoms with Crippen molar-refractivity contribution in [3.8, 4) is 0 Å². The van der Waals surface area contributed by atoms with Crippen molar-refractivity contribution in [2.45, 2.75) is 31.8 Å². The molecule has 1 aliphatic heterocycles. The maximum Gasteiger partial charge on any atom is 0.194 e. The second-order valence-corrected chi connectivity index (χ2v) is 5.46. The largest absolute Gasteiger partial charge is 0.314 e. The van der Waals surface area contributed by atoms with Crippen molar-refractivity contribution in [3.63, 3.8) is 0 Å². The molecule has 5 heteroatoms. The van der Waals surface area contributed by atoms with Gasteiger partial charge in [-0.3, -0.25) is 4.90 Å². The highest BCUT2D eigenvalue weighted by molar-refractivity contribution is 5.19. The Kier molecular flexibility index (Phi) is 4.16. The smallest absolute Gasteiger partial charge is 0.194 e. The number of rotatable bonds is 3. The Bertz CT molecular complexity index is 431. The van der Waals surface area contributed by atoms with Crippen LogP contribution in [0, 0.1) is 17.5 Å². The predicted molar refractivity (Wildman–Crippen MR) is 68.3 cm³/mol. The maximum absolute atomic E-state index is 13.1. The third-order valence-corrected chi connectivity index (χ3v) is 4.01. The molecule has 2 rings (SSSR count). The highest BCUT2D eigenvalue weighted by atomic mass is 19.2. The van der Waals surface area contributed by atoms with Gasteiger partial charge in [-0.1, -0.05) is 0 Å². The fraction of sp³-hybridized carbons (Fsp3) is 0.571. The average Bonchev–Trinajstić information content (AvgIpc) is 2.39. The van der Waals surface area contributed by atoms with Crippen LogP contribution in [0.2, 0.25) is 0 Å². The van der Waals surface area contributed by atoms with Gasteiger partial charge in [-0.25, -0.2) is 13.2 Å². The van der Waals surface area contributed by atoms with Crippen molar-refractivity contribution >= 4 is 0 Å². The molecule has 0 bridgehead atoms. The Morgan fingerprint density at radius 1 is 1.16 bits per heavy atom. The molecule has 1 heterocycles. The van der Waals surface area contributed by atoms with Crippen molar-refractivity contribution in [1.82, 2.24) is 10.2 Å². The van der Waals surface area contributed by atoms with E-state index in [0.717, 1.165) is 38.1 Å². The third-order valence-electron chi connectivity index (χ3n) is 4.01. The van der Waals surface area contributed by atoms with Gasteiger partial charge in [0.05, 0.1) is 0 Å². The van der Waals surface area contributed by atoms with Gasteiger partial charge in [0, 0.05) is 25.2 Å². The lowest BCUT2D eigenvalue weighted by Crippen LogP contribution is -2.49. The van der Waals surface area contributed by atoms with Crippen molar-refractivity contribution in [2.75, 3.05) is 20.1 Å². The summed E-state index contributed by atoms with van der Waals surface area (Å²) in [6.45, 7) is 4.34. The number of benzene rings is 1. The monoisotopic (exact) mass is 272 g/mol. The standard InChI is InChI=1S/C14H19F3N2/c1-14(18-2)3-5-19(6-4-14)9-10-7-11(15)13(17)12(16)8-10/h7-8,18H,3-6,9H2,1-2H3. The van der Waals surface area contributed by atoms with Gasteiger partial charge in [0.2, 0.25) is 0 Å². The van der Waals surface area contributed by atoms with E-state index in [1.807, 2.05) is 7.05 Å². The quantitative estimate of drug-likeness (QED) is 0.851. The van der Waals surface area contributed by atoms with Crippen molar-refractivity contribution < 1.29 is 13.2 Å². The number of hydrogen-bond donors (Lipinski definition) is 1. The van der Waals surface area contributed by atoms with Gasteiger partial charge in [-0.05, 0) is 44.5 Å². The van der Waals surface area contributed by atoms with Gasteiger partial charge in [0.1, 0.15) is 0 Å². The second kappa shape index (κ2) is 5.51. The normalized spacial score (nSPS) is 19.6. The molecular formula is C14H19F3N2. The number of hydrogen-bond acceptors (Lipinski definition) is 2. The van der Waals surface area contributed by atoms with E-state index < -0.39 is 17.5 Å². The third kappa shape index (κ3) is 3.28. The first kappa shape index (κ1) is 14.3. The average molecular weight is 272 g/mol. The molecule has 0 amide bonds. The lowest BCUT2D eigenvalue weighted by Gasteiger charge is -2.39. The molecule has 1 saturated heterocycles. The fourth-order valence-corrected chi connectivity index (χ4v) is 2.41. The zero-order chi connectivity index (χ0) is 14.0. The van der Waals surface area contributed by atoms with Crippen LogP contribution >= 0.6 is 0 Å². The molecule has 0 radical (unpaired) electrons. The first-order chi connectivity index (χ1) is 8.93. The molecule has 0 aromatic heterocycles. The number of likely N-dealkylation sites (tertiary alicyclic amines) is 1. The summed E-state index contributed by atoms with van der Waals surface area (Å²) in [5, 5.41) is 3.29. The Hall–Kier alpha value is -1.07. The Morgan fingerprint density at radius 2 is 1.68 bits per heavy atom. The molecule has 106 valence electrons. The summed E-state index contributed by atoms with van der Waals surface area (Å²) >= 11 is 0. The summed E-state index contributed by atoms with van der Waals surface area (Å²) in [7, 11) is 1.94. The Labute approximate surface area is 111 Å². The first-order valence-electron chi connectivity index (χ1n) is 6.48. The summed E-state index contributed by atoms with van der Waals surface area (Å²) < 4.78 is 39.1. The van der Waals surface area contributed by atoms with Gasteiger partial charge in [-0.2, -0.15) is 0 Å². The molecule has 1 aromatic carbocycles. The summed E-state index contributed by atoms with van der Waals surface area (Å²) in [5.41, 5.74) is 0.611. The van der Waals surface area contributed by atoms with E-state index in [-0.39, 0.29) is 5.54 Å². The van der Waals surface area contributed by atoms with E-state index in [9.17, 15) is 13.2 Å². The molecule has 1 aliphatic rings. The van der Waals surface area contributed by atoms with Crippen LogP contribution in [0.5, 0.6) is 0 Å². The van der Waals surface area contributed by atoms with Gasteiger partial charge >= 0.3 is 0 Å². The number of nitrogens with zero attached hydrogens (tertiary/aromatic N) is 1. The molecule has 0 atom stereocenters. The summed E-state index contributed by atoms with van der Waals surface area (Å²) in [6.07, 6.45) is 1.96. The molecule has 19 heavy (non-hydrogen) atoms. The molecule has 0 unspecified atom stereocenters. The first-order valence-corrected chi connectivity index (χ1v) is 6.48. The maximum atomic E-state index is 13.1. The molecule has 0 aliphatic carbocycles. The van der Waals surface area contributed by atoms with Crippen LogP contribution in [0.15, 0.2) is 12.1 Å². The SMILES string of the molecule is CNC1(C)CCN(Cc2cc(F)c(F)c(F)c2)CC1. The van der Waals surface area contributed by atoms with Crippen LogP contribution in [0.4, 0.5) is 13.2 Å². The molecule has 1 N–H and O–H groups in total. The van der Waals surface area contributed by atoms with Gasteiger partial charge in [-0.15, -0.1) is 0 Å². The summed E-state index contributed by atoms with van der Waals surface area (Å²) in [4.78, 5) is 2.13. The molecular weight excluding hydrogens is 253 g/mol. The van der Waals surface area contributed by atoms with Crippen LogP contribution in [0.1, 0.15) is 25.3 Å². The van der Waals surface area contributed by atoms with Crippen LogP contribution in [0.3, 0.4) is 0 Å². The molecule has 1 aromatic rings. The number of halogens is 3. The van der Waals surface area contributed by atoms with Gasteiger partial charge in [0.15, 0.2) is 17.5 Å². The molecule has 2 nitrogen and oxygen atoms in total. The minimum absolute atomic E-state index is 0.135. The lowest BCUT2D eigenvalue weighted by atomic mass is 9.90. The van der Waals surface area contributed by atoms with E-state index >= 15 is 0 Å². The predicted octanol–water partition coefficient (Wildman–Crippen LogP) is 2.68. The molecule has 0 saturated carbocycles. The van der Waals surface area contributed by atoms with E-state index in [0.29, 0.717) is 12.1 Å². The van der Waals surface area contributed by atoms with E-state index in [4.69, 9.17) is 0 Å². The van der Waals surface area contributed by atoms with Crippen LogP contribution in [-0.2, 0) is 6.54 Å². The highest BCUT2D eigenvalue weighted by Gasteiger charge is 2.28. The minimum Gasteiger partial charge on any atom is -0.314 e. The minimum atomic E-state index is -1.40. The molecule has 1 fully saturated rings. The van der Waals surface area contributed by atoms with Crippen molar-refractivity contribution in [1.29, 1.82) is 0 Å². The van der Waals surface area contributed by atoms with E-state index in [1.54, 1.807) is 0 Å². The summed E-state index contributed by atoms with van der Waals surface area (Å²) in [5.74, 6) is -3.63. The second-order valence-electron chi connectivity index (χ2n) is 5.46. The van der Waals surface area contributed by atoms with E-state index in [1.165, 1.54) is 0 Å². The van der Waals surface area contributed by atoms with Gasteiger partial charge < -0.3 is 5.32 Å². The fourth-order valence-electron chi connectivity index (χ4n) is 2.41. The number of piperidine rings is 1. The lowest BCUT2D eigenvalue weighted by molar-refractivity contribution is 0.146. The zero-order valence-corrected chi connectivity index (χ0v) is 11.3. The van der Waals surface area contributed by atoms with Crippen molar-refractivity contribution in [3.05, 3.63) is 35.1 Å². The summed E-state index contributed by atoms with van der Waals surface area (Å²) in [6, 6.07) is 2.15. The Balaban J connectivity index is 2.00. The van der Waals surface area contributed by atoms with Crippen molar-refractivity contribution in [2.24, 2.45) is 0 Å². The Morgan fingerprint density at radius 3 is 2.16 bits per heavy atom. The zero-order valence-electron chi connectivity index (χ0n) is 11.3. The van der Waals surface area contributed by atoms with Gasteiger partial charge in [0.25, 0.3) is 0 Å². The van der Waals surface area contributed by atoms with Crippen LogP contribution in [0.25, 0.3) is 0 Å².